The highest BCUT2D eigenvalue weighted by Crippen LogP contribution is 2.26. The van der Waals surface area contributed by atoms with E-state index in [1.807, 2.05) is 26.0 Å². The molecule has 1 heterocycles. The quantitative estimate of drug-likeness (QED) is 0.537. The van der Waals surface area contributed by atoms with E-state index in [0.29, 0.717) is 21.9 Å². The van der Waals surface area contributed by atoms with E-state index >= 15 is 0 Å². The fourth-order valence-electron chi connectivity index (χ4n) is 2.01. The van der Waals surface area contributed by atoms with Crippen molar-refractivity contribution in [3.8, 4) is 23.6 Å². The fraction of sp³-hybridized carbons (Fsp3) is 0.417. The largest absolute Gasteiger partial charge is 0.506 e. The van der Waals surface area contributed by atoms with E-state index < -0.39 is 0 Å². The third-order valence-electron chi connectivity index (χ3n) is 3.33. The highest BCUT2D eigenvalue weighted by Gasteiger charge is 2.04. The molecule has 0 unspecified atom stereocenters. The molecule has 0 atom stereocenters. The summed E-state index contributed by atoms with van der Waals surface area (Å²) in [5.41, 5.74) is 0.990. The Morgan fingerprint density at radius 2 is 1.38 bits per heavy atom. The summed E-state index contributed by atoms with van der Waals surface area (Å²) in [4.78, 5) is 0. The van der Waals surface area contributed by atoms with Gasteiger partial charge in [0.15, 0.2) is 0 Å². The summed E-state index contributed by atoms with van der Waals surface area (Å²) in [5.74, 6) is 0.622. The molecular formula is C24H30Cl2N2O4. The van der Waals surface area contributed by atoms with Crippen LogP contribution < -0.4 is 4.74 Å². The summed E-state index contributed by atoms with van der Waals surface area (Å²) < 4.78 is 10.3. The van der Waals surface area contributed by atoms with Crippen LogP contribution in [0.3, 0.4) is 0 Å². The number of nitriles is 2. The van der Waals surface area contributed by atoms with Gasteiger partial charge in [-0.2, -0.15) is 10.5 Å². The summed E-state index contributed by atoms with van der Waals surface area (Å²) >= 11 is 11.4. The monoisotopic (exact) mass is 480 g/mol. The van der Waals surface area contributed by atoms with Crippen molar-refractivity contribution in [2.45, 2.75) is 52.7 Å². The lowest BCUT2D eigenvalue weighted by molar-refractivity contribution is 0.198. The van der Waals surface area contributed by atoms with Gasteiger partial charge in [-0.05, 0) is 76.9 Å². The van der Waals surface area contributed by atoms with Crippen LogP contribution in [0.2, 0.25) is 10.0 Å². The van der Waals surface area contributed by atoms with Crippen molar-refractivity contribution in [3.05, 3.63) is 57.6 Å². The normalized spacial score (nSPS) is 11.6. The number of rotatable bonds is 2. The van der Waals surface area contributed by atoms with Gasteiger partial charge in [0.25, 0.3) is 0 Å². The van der Waals surface area contributed by atoms with E-state index in [1.165, 1.54) is 31.0 Å². The van der Waals surface area contributed by atoms with Gasteiger partial charge in [0.1, 0.15) is 11.5 Å². The number of ether oxygens (including phenoxy) is 2. The van der Waals surface area contributed by atoms with Gasteiger partial charge >= 0.3 is 0 Å². The zero-order chi connectivity index (χ0) is 24.5. The lowest BCUT2D eigenvalue weighted by atomic mass is 10.2. The molecule has 1 aliphatic rings. The summed E-state index contributed by atoms with van der Waals surface area (Å²) in [6.45, 7) is 9.29. The second-order valence-corrected chi connectivity index (χ2v) is 7.93. The minimum atomic E-state index is -0.167. The molecule has 0 radical (unpaired) electrons. The Bertz CT molecular complexity index is 876. The molecule has 8 heteroatoms. The van der Waals surface area contributed by atoms with Crippen molar-refractivity contribution < 1.29 is 19.7 Å². The first-order valence-electron chi connectivity index (χ1n) is 10.1. The maximum atomic E-state index is 8.90. The van der Waals surface area contributed by atoms with Crippen LogP contribution in [0.5, 0.6) is 11.5 Å². The Morgan fingerprint density at radius 1 is 0.906 bits per heavy atom. The molecule has 2 N–H and O–H groups in total. The zero-order valence-electron chi connectivity index (χ0n) is 18.8. The molecule has 0 spiro atoms. The van der Waals surface area contributed by atoms with E-state index in [4.69, 9.17) is 53.4 Å². The Morgan fingerprint density at radius 3 is 1.72 bits per heavy atom. The van der Waals surface area contributed by atoms with Gasteiger partial charge < -0.3 is 19.7 Å². The third kappa shape index (κ3) is 14.5. The van der Waals surface area contributed by atoms with Crippen LogP contribution in [-0.4, -0.2) is 35.6 Å². The highest BCUT2D eigenvalue weighted by molar-refractivity contribution is 6.32. The molecule has 1 fully saturated rings. The Kier molecular flexibility index (Phi) is 15.8. The number of halogens is 2. The number of aromatic hydroxyl groups is 1. The predicted octanol–water partition coefficient (Wildman–Crippen LogP) is 6.10. The molecule has 2 aromatic carbocycles. The van der Waals surface area contributed by atoms with Gasteiger partial charge in [-0.3, -0.25) is 0 Å². The van der Waals surface area contributed by atoms with E-state index in [0.717, 1.165) is 13.2 Å². The smallest absolute Gasteiger partial charge is 0.138 e. The molecule has 6 nitrogen and oxygen atoms in total. The van der Waals surface area contributed by atoms with Gasteiger partial charge in [0.2, 0.25) is 0 Å². The standard InChI is InChI=1S/C10H10ClNO.C7H4ClNO.C4H8O.C3H8O/c1-7(2)13-10-4-3-8(6-12)5-9(10)11;8-6-3-5(4-9)1-2-7(6)10;1-2-4-5-3-1;1-3(2)4/h3-5,7H,1-2H3;1-3,10H;1-4H2;3-4H,1-2H3. The van der Waals surface area contributed by atoms with E-state index in [2.05, 4.69) is 0 Å². The van der Waals surface area contributed by atoms with Crippen molar-refractivity contribution in [2.75, 3.05) is 13.2 Å². The lowest BCUT2D eigenvalue weighted by Crippen LogP contribution is -2.05. The second-order valence-electron chi connectivity index (χ2n) is 7.11. The predicted molar refractivity (Wildman–Crippen MR) is 127 cm³/mol. The number of hydrogen-bond donors (Lipinski definition) is 2. The van der Waals surface area contributed by atoms with Crippen LogP contribution in [0.15, 0.2) is 36.4 Å². The average Bonchev–Trinajstić information content (AvgIpc) is 3.31. The topological polar surface area (TPSA) is 106 Å². The first-order chi connectivity index (χ1) is 15.1. The van der Waals surface area contributed by atoms with Crippen LogP contribution in [0, 0.1) is 22.7 Å². The molecule has 0 aliphatic carbocycles. The summed E-state index contributed by atoms with van der Waals surface area (Å²) in [6.07, 6.45) is 2.48. The van der Waals surface area contributed by atoms with Crippen molar-refractivity contribution in [2.24, 2.45) is 0 Å². The third-order valence-corrected chi connectivity index (χ3v) is 3.93. The summed E-state index contributed by atoms with van der Waals surface area (Å²) in [6, 6.07) is 13.2. The summed E-state index contributed by atoms with van der Waals surface area (Å²) in [5, 5.41) is 34.6. The van der Waals surface area contributed by atoms with Crippen molar-refractivity contribution in [1.29, 1.82) is 10.5 Å². The zero-order valence-corrected chi connectivity index (χ0v) is 20.3. The molecule has 0 aromatic heterocycles. The van der Waals surface area contributed by atoms with Gasteiger partial charge in [0, 0.05) is 19.3 Å². The highest BCUT2D eigenvalue weighted by atomic mass is 35.5. The molecule has 3 rings (SSSR count). The van der Waals surface area contributed by atoms with Gasteiger partial charge in [-0.15, -0.1) is 0 Å². The first kappa shape index (κ1) is 29.5. The molecular weight excluding hydrogens is 451 g/mol. The molecule has 1 saturated heterocycles. The van der Waals surface area contributed by atoms with E-state index in [9.17, 15) is 0 Å². The van der Waals surface area contributed by atoms with Gasteiger partial charge in [-0.1, -0.05) is 23.2 Å². The molecule has 2 aromatic rings. The van der Waals surface area contributed by atoms with Crippen molar-refractivity contribution >= 4 is 23.2 Å². The number of benzene rings is 2. The first-order valence-corrected chi connectivity index (χ1v) is 10.9. The minimum absolute atomic E-state index is 0.000617. The molecule has 0 amide bonds. The van der Waals surface area contributed by atoms with Crippen LogP contribution in [-0.2, 0) is 4.74 Å². The van der Waals surface area contributed by atoms with Crippen LogP contribution >= 0.6 is 23.2 Å². The van der Waals surface area contributed by atoms with Crippen molar-refractivity contribution in [1.82, 2.24) is 0 Å². The number of phenolic OH excluding ortho intramolecular Hbond substituents is 1. The number of aliphatic hydroxyl groups excluding tert-OH is 1. The maximum Gasteiger partial charge on any atom is 0.138 e. The fourth-order valence-corrected chi connectivity index (χ4v) is 2.41. The SMILES string of the molecule is C1CCOC1.CC(C)O.CC(C)Oc1ccc(C#N)cc1Cl.N#Cc1ccc(O)c(Cl)c1. The van der Waals surface area contributed by atoms with Crippen LogP contribution in [0.1, 0.15) is 51.7 Å². The number of nitrogens with zero attached hydrogens (tertiary/aromatic N) is 2. The minimum Gasteiger partial charge on any atom is -0.506 e. The van der Waals surface area contributed by atoms with Gasteiger partial charge in [-0.25, -0.2) is 0 Å². The Balaban J connectivity index is 0.000000444. The molecule has 0 saturated carbocycles. The van der Waals surface area contributed by atoms with Gasteiger partial charge in [0.05, 0.1) is 39.4 Å². The Labute approximate surface area is 200 Å². The number of aliphatic hydroxyl groups is 1. The molecule has 174 valence electrons. The molecule has 0 bridgehead atoms. The number of phenols is 1. The average molecular weight is 481 g/mol. The Hall–Kier alpha value is -2.48. The molecule has 32 heavy (non-hydrogen) atoms. The van der Waals surface area contributed by atoms with E-state index in [-0.39, 0.29) is 23.0 Å². The maximum absolute atomic E-state index is 8.90. The van der Waals surface area contributed by atoms with Crippen molar-refractivity contribution in [3.63, 3.8) is 0 Å². The lowest BCUT2D eigenvalue weighted by Gasteiger charge is -2.10. The number of hydrogen-bond acceptors (Lipinski definition) is 6. The summed E-state index contributed by atoms with van der Waals surface area (Å²) in [7, 11) is 0. The van der Waals surface area contributed by atoms with E-state index in [1.54, 1.807) is 32.0 Å². The van der Waals surface area contributed by atoms with Crippen LogP contribution in [0.25, 0.3) is 0 Å². The molecule has 1 aliphatic heterocycles. The van der Waals surface area contributed by atoms with Crippen LogP contribution in [0.4, 0.5) is 0 Å². The second kappa shape index (κ2) is 17.1.